The Labute approximate surface area is 181 Å². The first-order chi connectivity index (χ1) is 15.1. The first-order valence-corrected chi connectivity index (χ1v) is 10.4. The van der Waals surface area contributed by atoms with Gasteiger partial charge in [0.25, 0.3) is 0 Å². The van der Waals surface area contributed by atoms with Gasteiger partial charge >= 0.3 is 12.0 Å². The maximum atomic E-state index is 12.6. The fourth-order valence-corrected chi connectivity index (χ4v) is 3.60. The second-order valence-electron chi connectivity index (χ2n) is 7.58. The number of aryl methyl sites for hydroxylation is 1. The standard InChI is InChI=1S/C24H25N3O4/c1-17-21(26-22(31-17)18-9-4-2-5-10-18)16-30-23(28)19-11-8-14-27(15-19)24(29)25-20-12-6-3-7-13-20/h2-7,9-10,12-13,19H,8,11,14-16H2,1H3,(H,25,29)/t19-/m0/s1. The number of piperidine rings is 1. The van der Waals surface area contributed by atoms with Gasteiger partial charge in [-0.25, -0.2) is 9.78 Å². The molecule has 2 heterocycles. The summed E-state index contributed by atoms with van der Waals surface area (Å²) in [7, 11) is 0. The van der Waals surface area contributed by atoms with Gasteiger partial charge in [0.15, 0.2) is 0 Å². The number of ether oxygens (including phenoxy) is 1. The zero-order valence-electron chi connectivity index (χ0n) is 17.4. The van der Waals surface area contributed by atoms with Crippen LogP contribution in [0.15, 0.2) is 65.1 Å². The molecule has 31 heavy (non-hydrogen) atoms. The minimum atomic E-state index is -0.351. The highest BCUT2D eigenvalue weighted by molar-refractivity contribution is 5.89. The number of likely N-dealkylation sites (tertiary alicyclic amines) is 1. The van der Waals surface area contributed by atoms with Crippen molar-refractivity contribution >= 4 is 17.7 Å². The maximum absolute atomic E-state index is 12.6. The van der Waals surface area contributed by atoms with Gasteiger partial charge in [-0.3, -0.25) is 4.79 Å². The smallest absolute Gasteiger partial charge is 0.321 e. The van der Waals surface area contributed by atoms with E-state index in [9.17, 15) is 9.59 Å². The van der Waals surface area contributed by atoms with E-state index in [0.717, 1.165) is 17.7 Å². The van der Waals surface area contributed by atoms with Crippen molar-refractivity contribution in [2.45, 2.75) is 26.4 Å². The highest BCUT2D eigenvalue weighted by Gasteiger charge is 2.30. The van der Waals surface area contributed by atoms with E-state index in [1.807, 2.05) is 60.7 Å². The Balaban J connectivity index is 1.32. The molecule has 1 atom stereocenters. The lowest BCUT2D eigenvalue weighted by atomic mass is 9.98. The molecule has 1 aliphatic rings. The highest BCUT2D eigenvalue weighted by atomic mass is 16.5. The van der Waals surface area contributed by atoms with E-state index < -0.39 is 0 Å². The quantitative estimate of drug-likeness (QED) is 0.609. The Kier molecular flexibility index (Phi) is 6.31. The van der Waals surface area contributed by atoms with Crippen LogP contribution in [0.25, 0.3) is 11.5 Å². The summed E-state index contributed by atoms with van der Waals surface area (Å²) in [5.41, 5.74) is 2.20. The molecule has 7 nitrogen and oxygen atoms in total. The second kappa shape index (κ2) is 9.47. The van der Waals surface area contributed by atoms with Crippen molar-refractivity contribution in [3.63, 3.8) is 0 Å². The molecule has 0 aliphatic carbocycles. The van der Waals surface area contributed by atoms with Crippen LogP contribution < -0.4 is 5.32 Å². The first kappa shape index (κ1) is 20.7. The minimum Gasteiger partial charge on any atom is -0.459 e. The Hall–Kier alpha value is -3.61. The van der Waals surface area contributed by atoms with E-state index in [-0.39, 0.29) is 24.5 Å². The summed E-state index contributed by atoms with van der Waals surface area (Å²) in [6.07, 6.45) is 1.45. The van der Waals surface area contributed by atoms with E-state index in [1.54, 1.807) is 11.8 Å². The molecule has 0 spiro atoms. The lowest BCUT2D eigenvalue weighted by Crippen LogP contribution is -2.44. The number of anilines is 1. The van der Waals surface area contributed by atoms with Gasteiger partial charge in [0.1, 0.15) is 18.1 Å². The molecule has 3 aromatic rings. The van der Waals surface area contributed by atoms with Crippen LogP contribution in [0.5, 0.6) is 0 Å². The van der Waals surface area contributed by atoms with Gasteiger partial charge in [-0.05, 0) is 44.0 Å². The van der Waals surface area contributed by atoms with Crippen molar-refractivity contribution < 1.29 is 18.7 Å². The molecule has 1 N–H and O–H groups in total. The molecule has 1 aliphatic heterocycles. The third kappa shape index (κ3) is 5.12. The summed E-state index contributed by atoms with van der Waals surface area (Å²) in [6, 6.07) is 18.7. The number of aromatic nitrogens is 1. The molecular formula is C24H25N3O4. The number of amides is 2. The molecule has 0 bridgehead atoms. The maximum Gasteiger partial charge on any atom is 0.321 e. The number of nitrogens with zero attached hydrogens (tertiary/aromatic N) is 2. The molecule has 7 heteroatoms. The van der Waals surface area contributed by atoms with Crippen molar-refractivity contribution in [2.75, 3.05) is 18.4 Å². The zero-order valence-corrected chi connectivity index (χ0v) is 17.4. The third-order valence-electron chi connectivity index (χ3n) is 5.33. The second-order valence-corrected chi connectivity index (χ2v) is 7.58. The Morgan fingerprint density at radius 1 is 1.13 bits per heavy atom. The lowest BCUT2D eigenvalue weighted by molar-refractivity contribution is -0.151. The molecule has 0 radical (unpaired) electrons. The van der Waals surface area contributed by atoms with Gasteiger partial charge in [0.2, 0.25) is 5.89 Å². The number of oxazole rings is 1. The number of nitrogens with one attached hydrogen (secondary N) is 1. The molecule has 1 fully saturated rings. The van der Waals surface area contributed by atoms with Crippen LogP contribution >= 0.6 is 0 Å². The molecule has 1 saturated heterocycles. The molecule has 1 aromatic heterocycles. The number of carbonyl (C=O) groups is 2. The summed E-state index contributed by atoms with van der Waals surface area (Å²) < 4.78 is 11.2. The van der Waals surface area contributed by atoms with Crippen LogP contribution in [-0.4, -0.2) is 35.0 Å². The van der Waals surface area contributed by atoms with Gasteiger partial charge in [0, 0.05) is 24.3 Å². The number of para-hydroxylation sites is 1. The zero-order chi connectivity index (χ0) is 21.6. The van der Waals surface area contributed by atoms with Crippen molar-refractivity contribution in [2.24, 2.45) is 5.92 Å². The summed E-state index contributed by atoms with van der Waals surface area (Å²) in [5.74, 6) is 0.460. The summed E-state index contributed by atoms with van der Waals surface area (Å²) in [6.45, 7) is 2.81. The van der Waals surface area contributed by atoms with E-state index in [4.69, 9.17) is 9.15 Å². The Morgan fingerprint density at radius 2 is 1.84 bits per heavy atom. The summed E-state index contributed by atoms with van der Waals surface area (Å²) >= 11 is 0. The van der Waals surface area contributed by atoms with Crippen LogP contribution in [0.2, 0.25) is 0 Å². The average molecular weight is 419 g/mol. The summed E-state index contributed by atoms with van der Waals surface area (Å²) in [4.78, 5) is 31.3. The largest absolute Gasteiger partial charge is 0.459 e. The number of benzene rings is 2. The van der Waals surface area contributed by atoms with Crippen LogP contribution in [0.3, 0.4) is 0 Å². The number of hydrogen-bond acceptors (Lipinski definition) is 5. The fourth-order valence-electron chi connectivity index (χ4n) is 3.60. The topological polar surface area (TPSA) is 84.7 Å². The lowest BCUT2D eigenvalue weighted by Gasteiger charge is -2.31. The molecular weight excluding hydrogens is 394 g/mol. The molecule has 2 aromatic carbocycles. The fraction of sp³-hybridized carbons (Fsp3) is 0.292. The number of urea groups is 1. The third-order valence-corrected chi connectivity index (χ3v) is 5.33. The highest BCUT2D eigenvalue weighted by Crippen LogP contribution is 2.23. The van der Waals surface area contributed by atoms with Crippen molar-refractivity contribution in [3.05, 3.63) is 72.1 Å². The normalized spacial score (nSPS) is 16.0. The molecule has 4 rings (SSSR count). The van der Waals surface area contributed by atoms with E-state index in [0.29, 0.717) is 36.9 Å². The molecule has 160 valence electrons. The Morgan fingerprint density at radius 3 is 2.58 bits per heavy atom. The van der Waals surface area contributed by atoms with Crippen LogP contribution in [0.4, 0.5) is 10.5 Å². The monoisotopic (exact) mass is 419 g/mol. The van der Waals surface area contributed by atoms with E-state index in [2.05, 4.69) is 10.3 Å². The number of esters is 1. The van der Waals surface area contributed by atoms with Gasteiger partial charge in [-0.2, -0.15) is 0 Å². The number of rotatable bonds is 5. The minimum absolute atomic E-state index is 0.0493. The van der Waals surface area contributed by atoms with Crippen LogP contribution in [0.1, 0.15) is 24.3 Å². The van der Waals surface area contributed by atoms with Gasteiger partial charge < -0.3 is 19.4 Å². The van der Waals surface area contributed by atoms with Crippen molar-refractivity contribution in [1.82, 2.24) is 9.88 Å². The molecule has 0 unspecified atom stereocenters. The average Bonchev–Trinajstić information content (AvgIpc) is 3.19. The summed E-state index contributed by atoms with van der Waals surface area (Å²) in [5, 5.41) is 2.87. The van der Waals surface area contributed by atoms with Crippen LogP contribution in [0, 0.1) is 12.8 Å². The first-order valence-electron chi connectivity index (χ1n) is 10.4. The van der Waals surface area contributed by atoms with Crippen molar-refractivity contribution in [3.8, 4) is 11.5 Å². The van der Waals surface area contributed by atoms with Crippen molar-refractivity contribution in [1.29, 1.82) is 0 Å². The van der Waals surface area contributed by atoms with E-state index in [1.165, 1.54) is 0 Å². The number of hydrogen-bond donors (Lipinski definition) is 1. The van der Waals surface area contributed by atoms with Crippen LogP contribution in [-0.2, 0) is 16.1 Å². The predicted octanol–water partition coefficient (Wildman–Crippen LogP) is 4.64. The predicted molar refractivity (Wildman–Crippen MR) is 116 cm³/mol. The van der Waals surface area contributed by atoms with Gasteiger partial charge in [0.05, 0.1) is 5.92 Å². The van der Waals surface area contributed by atoms with Gasteiger partial charge in [-0.15, -0.1) is 0 Å². The SMILES string of the molecule is Cc1oc(-c2ccccc2)nc1COC(=O)[C@H]1CCCN(C(=O)Nc2ccccc2)C1. The van der Waals surface area contributed by atoms with E-state index >= 15 is 0 Å². The molecule has 0 saturated carbocycles. The Bertz CT molecular complexity index is 1030. The van der Waals surface area contributed by atoms with Gasteiger partial charge in [-0.1, -0.05) is 36.4 Å². The number of carbonyl (C=O) groups excluding carboxylic acids is 2. The molecule has 2 amide bonds.